The third-order valence-electron chi connectivity index (χ3n) is 1.56. The van der Waals surface area contributed by atoms with E-state index < -0.39 is 0 Å². The average molecular weight is 195 g/mol. The third-order valence-corrected chi connectivity index (χ3v) is 1.56. The molecule has 0 aliphatic rings. The lowest BCUT2D eigenvalue weighted by Gasteiger charge is -2.07. The van der Waals surface area contributed by atoms with Gasteiger partial charge in [-0.1, -0.05) is 0 Å². The van der Waals surface area contributed by atoms with E-state index in [2.05, 4.69) is 10.6 Å². The van der Waals surface area contributed by atoms with Crippen LogP contribution in [-0.4, -0.2) is 18.5 Å². The number of nitrogens with one attached hydrogen (secondary N) is 4. The minimum absolute atomic E-state index is 0.0287. The van der Waals surface area contributed by atoms with Gasteiger partial charge in [0.05, 0.1) is 12.5 Å². The van der Waals surface area contributed by atoms with Crippen molar-refractivity contribution in [2.45, 2.75) is 6.42 Å². The first-order valence-electron chi connectivity index (χ1n) is 4.13. The van der Waals surface area contributed by atoms with Crippen LogP contribution in [0.5, 0.6) is 0 Å². The first-order valence-corrected chi connectivity index (χ1v) is 4.13. The molecule has 6 nitrogen and oxygen atoms in total. The monoisotopic (exact) mass is 195 g/mol. The van der Waals surface area contributed by atoms with Crippen molar-refractivity contribution in [3.63, 3.8) is 0 Å². The van der Waals surface area contributed by atoms with Crippen molar-refractivity contribution < 1.29 is 4.42 Å². The maximum absolute atomic E-state index is 7.28. The zero-order valence-corrected chi connectivity index (χ0v) is 7.63. The lowest BCUT2D eigenvalue weighted by molar-refractivity contribution is 0.563. The Kier molecular flexibility index (Phi) is 3.54. The van der Waals surface area contributed by atoms with Crippen LogP contribution in [-0.2, 0) is 6.42 Å². The van der Waals surface area contributed by atoms with Crippen LogP contribution in [0.15, 0.2) is 23.0 Å². The molecule has 0 spiro atoms. The molecule has 1 aromatic rings. The van der Waals surface area contributed by atoms with Gasteiger partial charge in [0.1, 0.15) is 0 Å². The first-order chi connectivity index (χ1) is 6.68. The largest absolute Gasteiger partial charge is 0.472 e. The van der Waals surface area contributed by atoms with E-state index in [-0.39, 0.29) is 11.9 Å². The van der Waals surface area contributed by atoms with E-state index in [4.69, 9.17) is 21.0 Å². The summed E-state index contributed by atoms with van der Waals surface area (Å²) in [5.74, 6) is -0.216. The average Bonchev–Trinajstić information content (AvgIpc) is 2.55. The van der Waals surface area contributed by atoms with E-state index in [1.165, 1.54) is 0 Å². The van der Waals surface area contributed by atoms with Crippen LogP contribution >= 0.6 is 0 Å². The van der Waals surface area contributed by atoms with Gasteiger partial charge < -0.3 is 15.5 Å². The van der Waals surface area contributed by atoms with Crippen molar-refractivity contribution in [1.82, 2.24) is 10.6 Å². The molecule has 0 aromatic carbocycles. The van der Waals surface area contributed by atoms with E-state index in [0.29, 0.717) is 6.54 Å². The number of nitrogens with two attached hydrogens (primary N) is 1. The standard InChI is InChI=1S/C8H13N5O/c9-7(10)13-8(11)12-3-1-6-2-4-14-5-6/h2,4-5H,1,3H2,(H6,9,10,11,12,13). The van der Waals surface area contributed by atoms with Crippen molar-refractivity contribution in [2.75, 3.05) is 6.54 Å². The summed E-state index contributed by atoms with van der Waals surface area (Å²) in [5.41, 5.74) is 6.10. The Hall–Kier alpha value is -1.98. The number of hydrogen-bond acceptors (Lipinski definition) is 3. The Morgan fingerprint density at radius 1 is 1.50 bits per heavy atom. The number of rotatable bonds is 3. The molecular formula is C8H13N5O. The highest BCUT2D eigenvalue weighted by molar-refractivity contribution is 5.94. The Bertz CT molecular complexity index is 306. The second-order valence-corrected chi connectivity index (χ2v) is 2.72. The fraction of sp³-hybridized carbons (Fsp3) is 0.250. The highest BCUT2D eigenvalue weighted by Gasteiger charge is 1.97. The molecule has 1 rings (SSSR count). The maximum Gasteiger partial charge on any atom is 0.195 e. The lowest BCUT2D eigenvalue weighted by atomic mass is 10.2. The van der Waals surface area contributed by atoms with Crippen molar-refractivity contribution in [3.05, 3.63) is 24.2 Å². The van der Waals surface area contributed by atoms with Crippen LogP contribution in [0.3, 0.4) is 0 Å². The third kappa shape index (κ3) is 3.61. The van der Waals surface area contributed by atoms with Gasteiger partial charge in [-0.05, 0) is 18.1 Å². The normalized spacial score (nSPS) is 9.43. The predicted octanol–water partition coefficient (Wildman–Crippen LogP) is -0.170. The van der Waals surface area contributed by atoms with Crippen LogP contribution in [0.4, 0.5) is 0 Å². The van der Waals surface area contributed by atoms with E-state index in [0.717, 1.165) is 12.0 Å². The number of furan rings is 1. The van der Waals surface area contributed by atoms with Gasteiger partial charge in [0.15, 0.2) is 11.9 Å². The van der Waals surface area contributed by atoms with E-state index in [1.807, 2.05) is 6.07 Å². The Balaban J connectivity index is 2.15. The molecular weight excluding hydrogens is 182 g/mol. The molecule has 6 heteroatoms. The fourth-order valence-corrected chi connectivity index (χ4v) is 0.946. The van der Waals surface area contributed by atoms with Crippen LogP contribution in [0.2, 0.25) is 0 Å². The number of guanidine groups is 2. The summed E-state index contributed by atoms with van der Waals surface area (Å²) < 4.78 is 4.89. The summed E-state index contributed by atoms with van der Waals surface area (Å²) in [6.07, 6.45) is 4.02. The molecule has 1 aromatic heterocycles. The van der Waals surface area contributed by atoms with Crippen LogP contribution in [0, 0.1) is 10.8 Å². The Morgan fingerprint density at radius 3 is 2.86 bits per heavy atom. The van der Waals surface area contributed by atoms with Crippen molar-refractivity contribution in [3.8, 4) is 0 Å². The van der Waals surface area contributed by atoms with Crippen LogP contribution in [0.25, 0.3) is 0 Å². The quantitative estimate of drug-likeness (QED) is 0.340. The molecule has 0 aliphatic heterocycles. The zero-order valence-electron chi connectivity index (χ0n) is 7.63. The molecule has 6 N–H and O–H groups in total. The first kappa shape index (κ1) is 10.1. The van der Waals surface area contributed by atoms with E-state index in [1.54, 1.807) is 12.5 Å². The molecule has 0 atom stereocenters. The van der Waals surface area contributed by atoms with Gasteiger partial charge in [0.2, 0.25) is 0 Å². The van der Waals surface area contributed by atoms with E-state index >= 15 is 0 Å². The van der Waals surface area contributed by atoms with Crippen LogP contribution < -0.4 is 16.4 Å². The highest BCUT2D eigenvalue weighted by Crippen LogP contribution is 1.98. The predicted molar refractivity (Wildman–Crippen MR) is 53.2 cm³/mol. The van der Waals surface area contributed by atoms with Gasteiger partial charge >= 0.3 is 0 Å². The molecule has 76 valence electrons. The van der Waals surface area contributed by atoms with Gasteiger partial charge in [-0.25, -0.2) is 0 Å². The SMILES string of the molecule is N=C(N)NC(=N)NCCc1ccoc1. The highest BCUT2D eigenvalue weighted by atomic mass is 16.3. The molecule has 0 amide bonds. The Labute approximate surface area is 81.5 Å². The molecule has 0 radical (unpaired) electrons. The van der Waals surface area contributed by atoms with Crippen molar-refractivity contribution in [1.29, 1.82) is 10.8 Å². The summed E-state index contributed by atoms with van der Waals surface area (Å²) in [6.45, 7) is 0.596. The molecule has 0 aliphatic carbocycles. The second-order valence-electron chi connectivity index (χ2n) is 2.72. The summed E-state index contributed by atoms with van der Waals surface area (Å²) in [6, 6.07) is 1.86. The molecule has 0 saturated carbocycles. The van der Waals surface area contributed by atoms with Gasteiger partial charge in [0, 0.05) is 6.54 Å². The minimum atomic E-state index is -0.245. The smallest absolute Gasteiger partial charge is 0.195 e. The van der Waals surface area contributed by atoms with Gasteiger partial charge in [-0.3, -0.25) is 16.1 Å². The summed E-state index contributed by atoms with van der Waals surface area (Å²) >= 11 is 0. The number of hydrogen-bond donors (Lipinski definition) is 5. The molecule has 0 saturated heterocycles. The maximum atomic E-state index is 7.28. The Morgan fingerprint density at radius 2 is 2.29 bits per heavy atom. The zero-order chi connectivity index (χ0) is 10.4. The summed E-state index contributed by atoms with van der Waals surface area (Å²) in [4.78, 5) is 0. The van der Waals surface area contributed by atoms with Gasteiger partial charge in [-0.15, -0.1) is 0 Å². The molecule has 0 fully saturated rings. The minimum Gasteiger partial charge on any atom is -0.472 e. The molecule has 0 unspecified atom stereocenters. The second kappa shape index (κ2) is 4.90. The molecule has 0 bridgehead atoms. The van der Waals surface area contributed by atoms with Crippen molar-refractivity contribution >= 4 is 11.9 Å². The van der Waals surface area contributed by atoms with Crippen molar-refractivity contribution in [2.24, 2.45) is 5.73 Å². The summed E-state index contributed by atoms with van der Waals surface area (Å²) in [5, 5.41) is 19.2. The van der Waals surface area contributed by atoms with Gasteiger partial charge in [-0.2, -0.15) is 0 Å². The molecule has 1 heterocycles. The lowest BCUT2D eigenvalue weighted by Crippen LogP contribution is -2.43. The summed E-state index contributed by atoms with van der Waals surface area (Å²) in [7, 11) is 0. The molecule has 14 heavy (non-hydrogen) atoms. The topological polar surface area (TPSA) is 111 Å². The van der Waals surface area contributed by atoms with Crippen LogP contribution in [0.1, 0.15) is 5.56 Å². The van der Waals surface area contributed by atoms with Gasteiger partial charge in [0.25, 0.3) is 0 Å². The van der Waals surface area contributed by atoms with E-state index in [9.17, 15) is 0 Å². The fourth-order valence-electron chi connectivity index (χ4n) is 0.946.